The predicted molar refractivity (Wildman–Crippen MR) is 74.7 cm³/mol. The van der Waals surface area contributed by atoms with Gasteiger partial charge in [-0.05, 0) is 11.6 Å². The normalized spacial score (nSPS) is 25.8. The van der Waals surface area contributed by atoms with Gasteiger partial charge in [0.15, 0.2) is 0 Å². The lowest BCUT2D eigenvalue weighted by Crippen LogP contribution is -2.40. The zero-order chi connectivity index (χ0) is 11.5. The molecule has 1 aromatic rings. The summed E-state index contributed by atoms with van der Waals surface area (Å²) in [7, 11) is 0. The Morgan fingerprint density at radius 1 is 1.25 bits per heavy atom. The molecular formula is C13H18ClNS. The first-order valence-electron chi connectivity index (χ1n) is 5.75. The third-order valence-electron chi connectivity index (χ3n) is 2.90. The van der Waals surface area contributed by atoms with Crippen LogP contribution in [-0.4, -0.2) is 23.6 Å². The first-order chi connectivity index (χ1) is 7.70. The highest BCUT2D eigenvalue weighted by molar-refractivity contribution is 8.00. The number of halogens is 1. The number of nitrogens with zero attached hydrogens (tertiary/aromatic N) is 1. The van der Waals surface area contributed by atoms with Gasteiger partial charge < -0.3 is 4.90 Å². The van der Waals surface area contributed by atoms with Crippen LogP contribution in [0, 0.1) is 0 Å². The summed E-state index contributed by atoms with van der Waals surface area (Å²) in [6.07, 6.45) is 0. The number of hydrogen-bond acceptors (Lipinski definition) is 2. The van der Waals surface area contributed by atoms with E-state index in [1.165, 1.54) is 11.3 Å². The third kappa shape index (κ3) is 2.67. The van der Waals surface area contributed by atoms with Gasteiger partial charge in [-0.3, -0.25) is 0 Å². The van der Waals surface area contributed by atoms with Crippen LogP contribution in [0.2, 0.25) is 0 Å². The minimum atomic E-state index is 0.600. The van der Waals surface area contributed by atoms with Crippen molar-refractivity contribution in [3.05, 3.63) is 29.8 Å². The summed E-state index contributed by atoms with van der Waals surface area (Å²) in [6, 6.07) is 8.47. The lowest BCUT2D eigenvalue weighted by atomic mass is 10.1. The minimum Gasteiger partial charge on any atom is -0.369 e. The summed E-state index contributed by atoms with van der Waals surface area (Å²) in [4.78, 5) is 2.48. The van der Waals surface area contributed by atoms with Crippen LogP contribution >= 0.6 is 23.4 Å². The second kappa shape index (κ2) is 5.33. The zero-order valence-corrected chi connectivity index (χ0v) is 11.4. The molecule has 2 unspecified atom stereocenters. The highest BCUT2D eigenvalue weighted by Gasteiger charge is 2.23. The summed E-state index contributed by atoms with van der Waals surface area (Å²) >= 11 is 8.07. The van der Waals surface area contributed by atoms with Crippen molar-refractivity contribution in [3.8, 4) is 0 Å². The van der Waals surface area contributed by atoms with E-state index in [0.29, 0.717) is 16.4 Å². The molecule has 16 heavy (non-hydrogen) atoms. The summed E-state index contributed by atoms with van der Waals surface area (Å²) in [5.74, 6) is 0.600. The molecule has 1 aliphatic rings. The SMILES string of the molecule is CC1CN(c2ccccc2CCl)CC(C)S1. The Morgan fingerprint density at radius 2 is 1.88 bits per heavy atom. The third-order valence-corrected chi connectivity index (χ3v) is 4.41. The lowest BCUT2D eigenvalue weighted by Gasteiger charge is -2.37. The Labute approximate surface area is 107 Å². The predicted octanol–water partition coefficient (Wildman–Crippen LogP) is 3.76. The van der Waals surface area contributed by atoms with E-state index in [4.69, 9.17) is 11.6 Å². The van der Waals surface area contributed by atoms with Gasteiger partial charge in [0.25, 0.3) is 0 Å². The van der Waals surface area contributed by atoms with Crippen LogP contribution in [0.5, 0.6) is 0 Å². The fourth-order valence-electron chi connectivity index (χ4n) is 2.31. The Morgan fingerprint density at radius 3 is 2.50 bits per heavy atom. The van der Waals surface area contributed by atoms with Crippen molar-refractivity contribution in [2.75, 3.05) is 18.0 Å². The molecule has 0 radical (unpaired) electrons. The van der Waals surface area contributed by atoms with Crippen molar-refractivity contribution < 1.29 is 0 Å². The summed E-state index contributed by atoms with van der Waals surface area (Å²) in [5.41, 5.74) is 2.56. The fraction of sp³-hybridized carbons (Fsp3) is 0.538. The largest absolute Gasteiger partial charge is 0.369 e. The smallest absolute Gasteiger partial charge is 0.0494 e. The van der Waals surface area contributed by atoms with Crippen LogP contribution in [0.1, 0.15) is 19.4 Å². The molecule has 1 aliphatic heterocycles. The number of anilines is 1. The van der Waals surface area contributed by atoms with Crippen LogP contribution in [0.15, 0.2) is 24.3 Å². The van der Waals surface area contributed by atoms with Crippen LogP contribution in [0.3, 0.4) is 0 Å². The maximum atomic E-state index is 5.99. The Kier molecular flexibility index (Phi) is 4.04. The minimum absolute atomic E-state index is 0.600. The molecule has 2 rings (SSSR count). The number of alkyl halides is 1. The number of rotatable bonds is 2. The quantitative estimate of drug-likeness (QED) is 0.741. The molecule has 88 valence electrons. The highest BCUT2D eigenvalue weighted by atomic mass is 35.5. The first kappa shape index (κ1) is 12.1. The molecule has 0 saturated carbocycles. The van der Waals surface area contributed by atoms with Gasteiger partial charge in [0.2, 0.25) is 0 Å². The maximum absolute atomic E-state index is 5.99. The van der Waals surface area contributed by atoms with Crippen molar-refractivity contribution in [2.45, 2.75) is 30.2 Å². The molecule has 0 aliphatic carbocycles. The molecule has 0 spiro atoms. The van der Waals surface area contributed by atoms with Crippen molar-refractivity contribution in [3.63, 3.8) is 0 Å². The molecule has 3 heteroatoms. The molecule has 1 nitrogen and oxygen atoms in total. The van der Waals surface area contributed by atoms with Crippen molar-refractivity contribution >= 4 is 29.1 Å². The molecular weight excluding hydrogens is 238 g/mol. The average molecular weight is 256 g/mol. The molecule has 0 aromatic heterocycles. The van der Waals surface area contributed by atoms with E-state index in [0.717, 1.165) is 13.1 Å². The van der Waals surface area contributed by atoms with Gasteiger partial charge in [0, 0.05) is 35.2 Å². The van der Waals surface area contributed by atoms with Crippen molar-refractivity contribution in [2.24, 2.45) is 0 Å². The van der Waals surface area contributed by atoms with Crippen molar-refractivity contribution in [1.29, 1.82) is 0 Å². The van der Waals surface area contributed by atoms with Gasteiger partial charge in [-0.2, -0.15) is 11.8 Å². The summed E-state index contributed by atoms with van der Waals surface area (Å²) < 4.78 is 0. The highest BCUT2D eigenvalue weighted by Crippen LogP contribution is 2.30. The first-order valence-corrected chi connectivity index (χ1v) is 7.22. The van der Waals surface area contributed by atoms with Gasteiger partial charge in [-0.1, -0.05) is 32.0 Å². The second-order valence-electron chi connectivity index (χ2n) is 4.42. The lowest BCUT2D eigenvalue weighted by molar-refractivity contribution is 0.726. The van der Waals surface area contributed by atoms with Crippen LogP contribution < -0.4 is 4.90 Å². The van der Waals surface area contributed by atoms with E-state index in [1.54, 1.807) is 0 Å². The topological polar surface area (TPSA) is 3.24 Å². The zero-order valence-electron chi connectivity index (χ0n) is 9.82. The number of para-hydroxylation sites is 1. The molecule has 2 atom stereocenters. The number of hydrogen-bond donors (Lipinski definition) is 0. The molecule has 0 N–H and O–H groups in total. The summed E-state index contributed by atoms with van der Waals surface area (Å²) in [6.45, 7) is 6.86. The van der Waals surface area contributed by atoms with E-state index in [9.17, 15) is 0 Å². The molecule has 1 aromatic carbocycles. The van der Waals surface area contributed by atoms with E-state index in [-0.39, 0.29) is 0 Å². The Hall–Kier alpha value is -0.340. The second-order valence-corrected chi connectivity index (χ2v) is 6.57. The Balaban J connectivity index is 2.22. The van der Waals surface area contributed by atoms with Crippen molar-refractivity contribution in [1.82, 2.24) is 0 Å². The van der Waals surface area contributed by atoms with Gasteiger partial charge in [0.05, 0.1) is 0 Å². The molecule has 1 heterocycles. The standard InChI is InChI=1S/C13H18ClNS/c1-10-8-15(9-11(2)16-10)13-6-4-3-5-12(13)7-14/h3-6,10-11H,7-9H2,1-2H3. The number of benzene rings is 1. The van der Waals surface area contributed by atoms with E-state index >= 15 is 0 Å². The van der Waals surface area contributed by atoms with Crippen LogP contribution in [0.4, 0.5) is 5.69 Å². The summed E-state index contributed by atoms with van der Waals surface area (Å²) in [5, 5.41) is 1.40. The molecule has 1 fully saturated rings. The van der Waals surface area contributed by atoms with E-state index < -0.39 is 0 Å². The van der Waals surface area contributed by atoms with E-state index in [2.05, 4.69) is 54.8 Å². The van der Waals surface area contributed by atoms with Crippen LogP contribution in [0.25, 0.3) is 0 Å². The van der Waals surface area contributed by atoms with Gasteiger partial charge in [-0.15, -0.1) is 11.6 Å². The average Bonchev–Trinajstić information content (AvgIpc) is 2.27. The van der Waals surface area contributed by atoms with E-state index in [1.807, 2.05) is 0 Å². The van der Waals surface area contributed by atoms with Crippen LogP contribution in [-0.2, 0) is 5.88 Å². The molecule has 0 amide bonds. The monoisotopic (exact) mass is 255 g/mol. The van der Waals surface area contributed by atoms with Gasteiger partial charge in [-0.25, -0.2) is 0 Å². The van der Waals surface area contributed by atoms with Gasteiger partial charge >= 0.3 is 0 Å². The molecule has 1 saturated heterocycles. The van der Waals surface area contributed by atoms with Gasteiger partial charge in [0.1, 0.15) is 0 Å². The molecule has 0 bridgehead atoms. The maximum Gasteiger partial charge on any atom is 0.0494 e. The number of thioether (sulfide) groups is 1. The fourth-order valence-corrected chi connectivity index (χ4v) is 3.86. The Bertz CT molecular complexity index is 346.